The third kappa shape index (κ3) is 3.72. The molecular weight excluding hydrogens is 300 g/mol. The molecule has 0 aliphatic carbocycles. The number of aryl methyl sites for hydroxylation is 1. The van der Waals surface area contributed by atoms with E-state index in [-0.39, 0.29) is 6.10 Å². The summed E-state index contributed by atoms with van der Waals surface area (Å²) >= 11 is 4.01. The molecule has 21 heavy (non-hydrogen) atoms. The maximum Gasteiger partial charge on any atom is 0.122 e. The molecule has 3 atom stereocenters. The molecule has 0 aromatic heterocycles. The van der Waals surface area contributed by atoms with Gasteiger partial charge in [-0.3, -0.25) is 0 Å². The Morgan fingerprint density at radius 2 is 2.19 bits per heavy atom. The molecule has 3 unspecified atom stereocenters. The van der Waals surface area contributed by atoms with Crippen molar-refractivity contribution >= 4 is 23.5 Å². The Labute approximate surface area is 136 Å². The minimum absolute atomic E-state index is 0.183. The summed E-state index contributed by atoms with van der Waals surface area (Å²) in [6.45, 7) is 3.05. The van der Waals surface area contributed by atoms with Crippen LogP contribution in [0.15, 0.2) is 18.2 Å². The van der Waals surface area contributed by atoms with Crippen molar-refractivity contribution in [1.29, 1.82) is 0 Å². The zero-order valence-electron chi connectivity index (χ0n) is 12.6. The van der Waals surface area contributed by atoms with Gasteiger partial charge in [-0.25, -0.2) is 0 Å². The fourth-order valence-electron chi connectivity index (χ4n) is 3.17. The first-order valence-electron chi connectivity index (χ1n) is 7.94. The number of benzene rings is 1. The summed E-state index contributed by atoms with van der Waals surface area (Å²) in [5.74, 6) is 3.46. The molecule has 0 amide bonds. The Morgan fingerprint density at radius 3 is 3.05 bits per heavy atom. The van der Waals surface area contributed by atoms with Crippen molar-refractivity contribution < 1.29 is 9.84 Å². The van der Waals surface area contributed by atoms with Crippen molar-refractivity contribution in [3.05, 3.63) is 29.3 Å². The predicted octanol–water partition coefficient (Wildman–Crippen LogP) is 3.54. The Bertz CT molecular complexity index is 478. The van der Waals surface area contributed by atoms with E-state index in [0.717, 1.165) is 38.0 Å². The van der Waals surface area contributed by atoms with Crippen molar-refractivity contribution in [2.75, 3.05) is 18.1 Å². The van der Waals surface area contributed by atoms with Gasteiger partial charge in [0.1, 0.15) is 5.75 Å². The van der Waals surface area contributed by atoms with Gasteiger partial charge in [0.2, 0.25) is 0 Å². The molecule has 2 nitrogen and oxygen atoms in total. The molecule has 2 aliphatic heterocycles. The summed E-state index contributed by atoms with van der Waals surface area (Å²) in [4.78, 5) is 0. The highest BCUT2D eigenvalue weighted by Crippen LogP contribution is 2.36. The van der Waals surface area contributed by atoms with E-state index in [1.165, 1.54) is 22.6 Å². The van der Waals surface area contributed by atoms with Gasteiger partial charge in [-0.05, 0) is 36.5 Å². The van der Waals surface area contributed by atoms with E-state index in [2.05, 4.69) is 25.1 Å². The number of fused-ring (bicyclic) bond motifs is 1. The van der Waals surface area contributed by atoms with E-state index >= 15 is 0 Å². The van der Waals surface area contributed by atoms with Crippen LogP contribution in [0.3, 0.4) is 0 Å². The Kier molecular flexibility index (Phi) is 5.41. The molecule has 1 fully saturated rings. The molecule has 1 aromatic rings. The van der Waals surface area contributed by atoms with Crippen LogP contribution in [0.2, 0.25) is 0 Å². The first kappa shape index (κ1) is 15.6. The maximum absolute atomic E-state index is 10.6. The molecular formula is C17H24O2S2. The lowest BCUT2D eigenvalue weighted by Crippen LogP contribution is -2.36. The van der Waals surface area contributed by atoms with E-state index in [1.54, 1.807) is 0 Å². The zero-order valence-corrected chi connectivity index (χ0v) is 14.2. The Balaban J connectivity index is 1.56. The van der Waals surface area contributed by atoms with Crippen LogP contribution in [-0.4, -0.2) is 39.8 Å². The topological polar surface area (TPSA) is 29.5 Å². The van der Waals surface area contributed by atoms with Gasteiger partial charge in [0, 0.05) is 28.4 Å². The highest BCUT2D eigenvalue weighted by molar-refractivity contribution is 8.07. The number of ether oxygens (including phenoxy) is 1. The molecule has 4 heteroatoms. The predicted molar refractivity (Wildman–Crippen MR) is 92.8 cm³/mol. The molecule has 2 aliphatic rings. The number of aliphatic hydroxyl groups is 1. The third-order valence-electron chi connectivity index (χ3n) is 4.36. The summed E-state index contributed by atoms with van der Waals surface area (Å²) in [6.07, 6.45) is 3.84. The summed E-state index contributed by atoms with van der Waals surface area (Å²) in [7, 11) is 0. The molecule has 0 bridgehead atoms. The molecule has 1 saturated heterocycles. The second-order valence-corrected chi connectivity index (χ2v) is 8.43. The number of thioether (sulfide) groups is 2. The van der Waals surface area contributed by atoms with Gasteiger partial charge < -0.3 is 9.84 Å². The Morgan fingerprint density at radius 1 is 1.33 bits per heavy atom. The lowest BCUT2D eigenvalue weighted by atomic mass is 10.0. The minimum Gasteiger partial charge on any atom is -0.493 e. The lowest BCUT2D eigenvalue weighted by molar-refractivity contribution is 0.159. The molecule has 1 N–H and O–H groups in total. The first-order chi connectivity index (χ1) is 10.3. The fourth-order valence-corrected chi connectivity index (χ4v) is 6.36. The van der Waals surface area contributed by atoms with Crippen LogP contribution in [0, 0.1) is 0 Å². The van der Waals surface area contributed by atoms with Gasteiger partial charge in [0.25, 0.3) is 0 Å². The van der Waals surface area contributed by atoms with E-state index in [1.807, 2.05) is 23.5 Å². The third-order valence-corrected chi connectivity index (χ3v) is 7.75. The quantitative estimate of drug-likeness (QED) is 0.897. The summed E-state index contributed by atoms with van der Waals surface area (Å²) < 4.78 is 5.55. The van der Waals surface area contributed by atoms with Gasteiger partial charge >= 0.3 is 0 Å². The Hall–Kier alpha value is -0.320. The van der Waals surface area contributed by atoms with Crippen molar-refractivity contribution in [3.8, 4) is 5.75 Å². The second-order valence-electron chi connectivity index (χ2n) is 5.80. The average Bonchev–Trinajstić information content (AvgIpc) is 3.00. The van der Waals surface area contributed by atoms with Crippen molar-refractivity contribution in [2.45, 2.75) is 49.2 Å². The van der Waals surface area contributed by atoms with Gasteiger partial charge in [-0.2, -0.15) is 23.5 Å². The maximum atomic E-state index is 10.6. The largest absolute Gasteiger partial charge is 0.493 e. The van der Waals surface area contributed by atoms with E-state index < -0.39 is 0 Å². The van der Waals surface area contributed by atoms with Crippen LogP contribution in [0.5, 0.6) is 5.75 Å². The van der Waals surface area contributed by atoms with Gasteiger partial charge in [-0.1, -0.05) is 19.1 Å². The summed E-state index contributed by atoms with van der Waals surface area (Å²) in [5, 5.41) is 11.6. The molecule has 1 aromatic carbocycles. The molecule has 0 spiro atoms. The van der Waals surface area contributed by atoms with Crippen LogP contribution in [0.25, 0.3) is 0 Å². The molecule has 2 heterocycles. The van der Waals surface area contributed by atoms with Gasteiger partial charge in [0.15, 0.2) is 0 Å². The van der Waals surface area contributed by atoms with Crippen LogP contribution in [0.4, 0.5) is 0 Å². The normalized spacial score (nSPS) is 26.2. The van der Waals surface area contributed by atoms with Gasteiger partial charge in [-0.15, -0.1) is 0 Å². The van der Waals surface area contributed by atoms with Crippen LogP contribution >= 0.6 is 23.5 Å². The van der Waals surface area contributed by atoms with Crippen molar-refractivity contribution in [1.82, 2.24) is 0 Å². The smallest absolute Gasteiger partial charge is 0.122 e. The van der Waals surface area contributed by atoms with Gasteiger partial charge in [0.05, 0.1) is 12.7 Å². The SMILES string of the molecule is CCC1SCCSC1C(O)CCc1ccc2c(c1)CCO2. The van der Waals surface area contributed by atoms with E-state index in [9.17, 15) is 5.11 Å². The highest BCUT2D eigenvalue weighted by atomic mass is 32.2. The number of hydrogen-bond donors (Lipinski definition) is 1. The number of rotatable bonds is 5. The second kappa shape index (κ2) is 7.30. The fraction of sp³-hybridized carbons (Fsp3) is 0.647. The number of aliphatic hydroxyl groups excluding tert-OH is 1. The molecule has 0 radical (unpaired) electrons. The summed E-state index contributed by atoms with van der Waals surface area (Å²) in [6, 6.07) is 6.50. The van der Waals surface area contributed by atoms with Crippen molar-refractivity contribution in [2.24, 2.45) is 0 Å². The number of hydrogen-bond acceptors (Lipinski definition) is 4. The van der Waals surface area contributed by atoms with Crippen LogP contribution < -0.4 is 4.74 Å². The van der Waals surface area contributed by atoms with Crippen LogP contribution in [0.1, 0.15) is 30.9 Å². The first-order valence-corrected chi connectivity index (χ1v) is 10.0. The summed E-state index contributed by atoms with van der Waals surface area (Å²) in [5.41, 5.74) is 2.66. The molecule has 0 saturated carbocycles. The minimum atomic E-state index is -0.183. The van der Waals surface area contributed by atoms with Crippen molar-refractivity contribution in [3.63, 3.8) is 0 Å². The molecule has 3 rings (SSSR count). The lowest BCUT2D eigenvalue weighted by Gasteiger charge is -2.33. The standard InChI is InChI=1S/C17H24O2S2/c1-2-16-17(21-10-9-20-16)14(18)5-3-12-4-6-15-13(11-12)7-8-19-15/h4,6,11,14,16-18H,2-3,5,7-10H2,1H3. The zero-order chi connectivity index (χ0) is 14.7. The average molecular weight is 325 g/mol. The van der Waals surface area contributed by atoms with E-state index in [4.69, 9.17) is 4.74 Å². The highest BCUT2D eigenvalue weighted by Gasteiger charge is 2.30. The van der Waals surface area contributed by atoms with E-state index in [0.29, 0.717) is 10.5 Å². The molecule has 116 valence electrons. The monoisotopic (exact) mass is 324 g/mol. The van der Waals surface area contributed by atoms with Crippen LogP contribution in [-0.2, 0) is 12.8 Å².